The number of nitrogens with two attached hydrogens (primary N) is 1. The Labute approximate surface area is 234 Å². The maximum atomic E-state index is 5.94. The Balaban J connectivity index is 0.00000272. The molecular weight excluding hydrogens is 532 g/mol. The van der Waals surface area contributed by atoms with E-state index in [0.717, 1.165) is 31.1 Å². The molecule has 1 unspecified atom stereocenters. The summed E-state index contributed by atoms with van der Waals surface area (Å²) in [4.78, 5) is 13.9. The van der Waals surface area contributed by atoms with E-state index in [4.69, 9.17) is 5.73 Å². The van der Waals surface area contributed by atoms with E-state index in [9.17, 15) is 0 Å². The van der Waals surface area contributed by atoms with Crippen molar-refractivity contribution in [3.8, 4) is 0 Å². The highest BCUT2D eigenvalue weighted by atomic mass is 35.5. The predicted octanol–water partition coefficient (Wildman–Crippen LogP) is 5.58. The summed E-state index contributed by atoms with van der Waals surface area (Å²) in [6.07, 6.45) is 7.31. The summed E-state index contributed by atoms with van der Waals surface area (Å²) in [6, 6.07) is 11.5. The van der Waals surface area contributed by atoms with E-state index < -0.39 is 0 Å². The molecular formula is C24H41Cl4N5S. The van der Waals surface area contributed by atoms with Gasteiger partial charge in [-0.3, -0.25) is 4.90 Å². The lowest BCUT2D eigenvalue weighted by molar-refractivity contribution is 0.171. The molecule has 0 spiro atoms. The molecule has 2 aromatic rings. The fourth-order valence-electron chi connectivity index (χ4n) is 4.97. The average Bonchev–Trinajstić information content (AvgIpc) is 3.16. The van der Waals surface area contributed by atoms with Crippen LogP contribution < -0.4 is 10.6 Å². The van der Waals surface area contributed by atoms with Crippen molar-refractivity contribution in [1.82, 2.24) is 14.8 Å². The number of rotatable bonds is 9. The molecule has 1 aromatic heterocycles. The first-order valence-corrected chi connectivity index (χ1v) is 12.5. The highest BCUT2D eigenvalue weighted by molar-refractivity contribution is 7.15. The molecule has 196 valence electrons. The lowest BCUT2D eigenvalue weighted by atomic mass is 9.96. The summed E-state index contributed by atoms with van der Waals surface area (Å²) in [5.74, 6) is 0. The fourth-order valence-corrected chi connectivity index (χ4v) is 5.92. The molecule has 1 atom stereocenters. The first-order chi connectivity index (χ1) is 14.7. The van der Waals surface area contributed by atoms with Crippen molar-refractivity contribution in [3.05, 3.63) is 40.9 Å². The zero-order valence-corrected chi connectivity index (χ0v) is 24.1. The first kappa shape index (κ1) is 33.5. The lowest BCUT2D eigenvalue weighted by Gasteiger charge is -2.36. The number of aromatic nitrogens is 1. The van der Waals surface area contributed by atoms with Gasteiger partial charge in [-0.2, -0.15) is 0 Å². The summed E-state index contributed by atoms with van der Waals surface area (Å²) < 4.78 is 0. The van der Waals surface area contributed by atoms with Crippen LogP contribution in [0.1, 0.15) is 43.2 Å². The van der Waals surface area contributed by atoms with E-state index in [1.165, 1.54) is 74.7 Å². The lowest BCUT2D eigenvalue weighted by Crippen LogP contribution is -2.46. The fraction of sp³-hybridized carbons (Fsp3) is 0.625. The third-order valence-corrected chi connectivity index (χ3v) is 7.57. The summed E-state index contributed by atoms with van der Waals surface area (Å²) >= 11 is 1.70. The number of hydrogen-bond donors (Lipinski definition) is 1. The quantitative estimate of drug-likeness (QED) is 0.397. The number of nitrogens with zero attached hydrogens (tertiary/aromatic N) is 4. The van der Waals surface area contributed by atoms with Crippen LogP contribution in [0.4, 0.5) is 10.8 Å². The molecule has 2 heterocycles. The summed E-state index contributed by atoms with van der Waals surface area (Å²) in [7, 11) is 0. The van der Waals surface area contributed by atoms with E-state index in [1.807, 2.05) is 0 Å². The van der Waals surface area contributed by atoms with Crippen LogP contribution in [0.15, 0.2) is 30.3 Å². The Hall–Kier alpha value is -0.470. The van der Waals surface area contributed by atoms with Crippen molar-refractivity contribution in [2.45, 2.75) is 51.5 Å². The van der Waals surface area contributed by atoms with Gasteiger partial charge in [0.05, 0.1) is 5.69 Å². The predicted molar refractivity (Wildman–Crippen MR) is 158 cm³/mol. The Morgan fingerprint density at radius 3 is 2.38 bits per heavy atom. The van der Waals surface area contributed by atoms with Crippen molar-refractivity contribution in [1.29, 1.82) is 0 Å². The highest BCUT2D eigenvalue weighted by Crippen LogP contribution is 2.30. The van der Waals surface area contributed by atoms with Crippen LogP contribution in [0, 0.1) is 0 Å². The molecule has 1 saturated heterocycles. The molecule has 1 aliphatic carbocycles. The number of para-hydroxylation sites is 1. The van der Waals surface area contributed by atoms with Crippen molar-refractivity contribution in [2.24, 2.45) is 0 Å². The second kappa shape index (κ2) is 17.1. The number of halogens is 4. The zero-order chi connectivity index (χ0) is 20.8. The van der Waals surface area contributed by atoms with Crippen LogP contribution in [0.3, 0.4) is 0 Å². The molecule has 0 amide bonds. The summed E-state index contributed by atoms with van der Waals surface area (Å²) in [6.45, 7) is 10.7. The number of hydrogen-bond acceptors (Lipinski definition) is 6. The van der Waals surface area contributed by atoms with Gasteiger partial charge in [-0.1, -0.05) is 25.1 Å². The van der Waals surface area contributed by atoms with Gasteiger partial charge in [0.2, 0.25) is 0 Å². The van der Waals surface area contributed by atoms with E-state index in [2.05, 4.69) is 56.9 Å². The second-order valence-corrected chi connectivity index (χ2v) is 9.84. The van der Waals surface area contributed by atoms with Crippen LogP contribution in [0.2, 0.25) is 0 Å². The van der Waals surface area contributed by atoms with E-state index in [1.54, 1.807) is 11.3 Å². The van der Waals surface area contributed by atoms with E-state index >= 15 is 0 Å². The van der Waals surface area contributed by atoms with Gasteiger partial charge in [0.25, 0.3) is 0 Å². The molecule has 0 bridgehead atoms. The number of nitrogen functional groups attached to an aromatic ring is 1. The topological polar surface area (TPSA) is 48.6 Å². The molecule has 5 nitrogen and oxygen atoms in total. The minimum Gasteiger partial charge on any atom is -0.375 e. The minimum atomic E-state index is 0. The number of benzene rings is 1. The smallest absolute Gasteiger partial charge is 0.180 e. The summed E-state index contributed by atoms with van der Waals surface area (Å²) in [5.41, 5.74) is 8.57. The van der Waals surface area contributed by atoms with Crippen molar-refractivity contribution in [2.75, 3.05) is 56.4 Å². The van der Waals surface area contributed by atoms with E-state index in [0.29, 0.717) is 6.04 Å². The average molecular weight is 574 g/mol. The van der Waals surface area contributed by atoms with Crippen molar-refractivity contribution < 1.29 is 0 Å². The van der Waals surface area contributed by atoms with Gasteiger partial charge >= 0.3 is 0 Å². The third kappa shape index (κ3) is 9.20. The van der Waals surface area contributed by atoms with E-state index in [-0.39, 0.29) is 49.6 Å². The molecule has 0 saturated carbocycles. The maximum Gasteiger partial charge on any atom is 0.180 e. The summed E-state index contributed by atoms with van der Waals surface area (Å²) in [5, 5.41) is 0.745. The Kier molecular flexibility index (Phi) is 16.8. The monoisotopic (exact) mass is 571 g/mol. The highest BCUT2D eigenvalue weighted by Gasteiger charge is 2.26. The molecule has 1 aromatic carbocycles. The second-order valence-electron chi connectivity index (χ2n) is 8.73. The third-order valence-electron chi connectivity index (χ3n) is 6.62. The van der Waals surface area contributed by atoms with Gasteiger partial charge in [-0.15, -0.1) is 61.0 Å². The largest absolute Gasteiger partial charge is 0.375 e. The Morgan fingerprint density at radius 2 is 1.71 bits per heavy atom. The van der Waals surface area contributed by atoms with Gasteiger partial charge in [0.1, 0.15) is 0 Å². The van der Waals surface area contributed by atoms with Gasteiger partial charge in [-0.25, -0.2) is 4.98 Å². The van der Waals surface area contributed by atoms with Gasteiger partial charge in [-0.05, 0) is 70.3 Å². The number of fused-ring (bicyclic) bond motifs is 1. The molecule has 1 fully saturated rings. The van der Waals surface area contributed by atoms with Gasteiger partial charge in [0.15, 0.2) is 5.13 Å². The molecule has 0 radical (unpaired) electrons. The number of piperazine rings is 1. The Bertz CT molecular complexity index is 787. The van der Waals surface area contributed by atoms with Crippen LogP contribution in [0.5, 0.6) is 0 Å². The number of anilines is 2. The normalized spacial score (nSPS) is 17.6. The molecule has 1 aliphatic heterocycles. The zero-order valence-electron chi connectivity index (χ0n) is 20.1. The van der Waals surface area contributed by atoms with Crippen LogP contribution in [-0.2, 0) is 12.8 Å². The number of unbranched alkanes of at least 4 members (excludes halogenated alkanes) is 1. The number of thiazole rings is 1. The Morgan fingerprint density at radius 1 is 1.00 bits per heavy atom. The van der Waals surface area contributed by atoms with Crippen LogP contribution in [-0.4, -0.2) is 66.6 Å². The van der Waals surface area contributed by atoms with Crippen LogP contribution in [0.25, 0.3) is 0 Å². The molecule has 10 heteroatoms. The first-order valence-electron chi connectivity index (χ1n) is 11.7. The standard InChI is InChI=1S/C24H37N5S.4ClH/c1-2-12-28(21-10-11-22-23(19-21)30-24(25)26-22)14-7-6-13-27-15-17-29(18-16-27)20-8-4-3-5-9-20;;;;/h3-5,8-9,21H,2,6-7,10-19H2,1H3,(H2,25,26);4*1H. The molecule has 34 heavy (non-hydrogen) atoms. The minimum absolute atomic E-state index is 0. The molecule has 2 N–H and O–H groups in total. The van der Waals surface area contributed by atoms with Crippen molar-refractivity contribution >= 4 is 71.8 Å². The van der Waals surface area contributed by atoms with Crippen molar-refractivity contribution in [3.63, 3.8) is 0 Å². The maximum absolute atomic E-state index is 5.94. The van der Waals surface area contributed by atoms with Gasteiger partial charge < -0.3 is 15.5 Å². The molecule has 2 aliphatic rings. The van der Waals surface area contributed by atoms with Gasteiger partial charge in [0, 0.05) is 42.8 Å². The SMILES string of the molecule is CCCN(CCCCN1CCN(c2ccccc2)CC1)C1CCc2nc(N)sc2C1.Cl.Cl.Cl.Cl. The molecule has 4 rings (SSSR count). The van der Waals surface area contributed by atoms with Crippen LogP contribution >= 0.6 is 61.0 Å². The number of aryl methyl sites for hydroxylation is 1.